The zero-order valence-corrected chi connectivity index (χ0v) is 8.90. The Kier molecular flexibility index (Phi) is 2.56. The number of thioether (sulfide) groups is 1. The summed E-state index contributed by atoms with van der Waals surface area (Å²) in [6.07, 6.45) is 5.69. The lowest BCUT2D eigenvalue weighted by molar-refractivity contribution is 0.214. The molecule has 0 bridgehead atoms. The first-order chi connectivity index (χ1) is 6.22. The molecule has 2 rings (SSSR count). The van der Waals surface area contributed by atoms with Crippen LogP contribution in [0.2, 0.25) is 0 Å². The SMILES string of the molecule is CC1(C(N)C2=CCCO2)CCCS1. The van der Waals surface area contributed by atoms with Crippen LogP contribution in [0.15, 0.2) is 11.8 Å². The van der Waals surface area contributed by atoms with Crippen LogP contribution in [0.25, 0.3) is 0 Å². The number of hydrogen-bond donors (Lipinski definition) is 1. The molecular formula is C10H17NOS. The third-order valence-corrected chi connectivity index (χ3v) is 4.56. The van der Waals surface area contributed by atoms with E-state index in [0.29, 0.717) is 0 Å². The molecule has 2 unspecified atom stereocenters. The molecule has 0 saturated carbocycles. The van der Waals surface area contributed by atoms with Crippen molar-refractivity contribution in [2.45, 2.75) is 37.0 Å². The van der Waals surface area contributed by atoms with Gasteiger partial charge in [0, 0.05) is 11.2 Å². The van der Waals surface area contributed by atoms with Gasteiger partial charge in [-0.2, -0.15) is 11.8 Å². The highest BCUT2D eigenvalue weighted by atomic mass is 32.2. The fourth-order valence-electron chi connectivity index (χ4n) is 2.00. The Labute approximate surface area is 83.9 Å². The Balaban J connectivity index is 2.06. The van der Waals surface area contributed by atoms with Gasteiger partial charge in [0.1, 0.15) is 5.76 Å². The lowest BCUT2D eigenvalue weighted by atomic mass is 9.95. The lowest BCUT2D eigenvalue weighted by Gasteiger charge is -2.30. The van der Waals surface area contributed by atoms with Crippen molar-refractivity contribution in [3.05, 3.63) is 11.8 Å². The first-order valence-corrected chi connectivity index (χ1v) is 5.93. The topological polar surface area (TPSA) is 35.2 Å². The summed E-state index contributed by atoms with van der Waals surface area (Å²) in [6.45, 7) is 3.08. The van der Waals surface area contributed by atoms with Crippen LogP contribution in [0.4, 0.5) is 0 Å². The van der Waals surface area contributed by atoms with E-state index in [2.05, 4.69) is 13.0 Å². The van der Waals surface area contributed by atoms with Crippen molar-refractivity contribution in [3.8, 4) is 0 Å². The second-order valence-corrected chi connectivity index (χ2v) is 5.62. The molecule has 13 heavy (non-hydrogen) atoms. The van der Waals surface area contributed by atoms with Crippen LogP contribution in [0.1, 0.15) is 26.2 Å². The minimum absolute atomic E-state index is 0.0995. The Morgan fingerprint density at radius 1 is 1.69 bits per heavy atom. The van der Waals surface area contributed by atoms with Gasteiger partial charge in [-0.15, -0.1) is 0 Å². The van der Waals surface area contributed by atoms with Crippen LogP contribution in [-0.2, 0) is 4.74 Å². The van der Waals surface area contributed by atoms with Gasteiger partial charge in [0.15, 0.2) is 0 Å². The molecule has 2 nitrogen and oxygen atoms in total. The minimum Gasteiger partial charge on any atom is -0.496 e. The van der Waals surface area contributed by atoms with Gasteiger partial charge in [-0.05, 0) is 31.6 Å². The molecule has 74 valence electrons. The van der Waals surface area contributed by atoms with Gasteiger partial charge in [0.2, 0.25) is 0 Å². The molecule has 2 N–H and O–H groups in total. The fourth-order valence-corrected chi connectivity index (χ4v) is 3.34. The fraction of sp³-hybridized carbons (Fsp3) is 0.800. The maximum Gasteiger partial charge on any atom is 0.110 e. The maximum atomic E-state index is 6.20. The number of ether oxygens (including phenoxy) is 1. The van der Waals surface area contributed by atoms with E-state index in [1.165, 1.54) is 18.6 Å². The summed E-state index contributed by atoms with van der Waals surface area (Å²) in [6, 6.07) is 0.0995. The summed E-state index contributed by atoms with van der Waals surface area (Å²) in [5.74, 6) is 2.27. The van der Waals surface area contributed by atoms with Crippen LogP contribution >= 0.6 is 11.8 Å². The van der Waals surface area contributed by atoms with Crippen molar-refractivity contribution in [2.24, 2.45) is 5.73 Å². The molecule has 1 fully saturated rings. The van der Waals surface area contributed by atoms with Crippen LogP contribution in [0, 0.1) is 0 Å². The molecule has 3 heteroatoms. The van der Waals surface area contributed by atoms with Gasteiger partial charge in [-0.1, -0.05) is 0 Å². The van der Waals surface area contributed by atoms with Gasteiger partial charge in [0.05, 0.1) is 12.6 Å². The Morgan fingerprint density at radius 2 is 2.54 bits per heavy atom. The normalized spacial score (nSPS) is 35.7. The summed E-state index contributed by atoms with van der Waals surface area (Å²) in [5, 5.41) is 0. The van der Waals surface area contributed by atoms with E-state index in [9.17, 15) is 0 Å². The summed E-state index contributed by atoms with van der Waals surface area (Å²) in [7, 11) is 0. The average molecular weight is 199 g/mol. The summed E-state index contributed by atoms with van der Waals surface area (Å²) < 4.78 is 5.73. The second kappa shape index (κ2) is 3.54. The third-order valence-electron chi connectivity index (χ3n) is 2.95. The zero-order valence-electron chi connectivity index (χ0n) is 8.08. The first kappa shape index (κ1) is 9.41. The van der Waals surface area contributed by atoms with E-state index in [-0.39, 0.29) is 10.8 Å². The van der Waals surface area contributed by atoms with Crippen LogP contribution < -0.4 is 5.73 Å². The monoisotopic (exact) mass is 199 g/mol. The summed E-state index contributed by atoms with van der Waals surface area (Å²) >= 11 is 1.99. The molecule has 0 aliphatic carbocycles. The van der Waals surface area contributed by atoms with Gasteiger partial charge in [-0.3, -0.25) is 0 Å². The van der Waals surface area contributed by atoms with Crippen molar-refractivity contribution in [2.75, 3.05) is 12.4 Å². The molecule has 0 spiro atoms. The molecule has 2 atom stereocenters. The van der Waals surface area contributed by atoms with Crippen molar-refractivity contribution in [3.63, 3.8) is 0 Å². The average Bonchev–Trinajstić information content (AvgIpc) is 2.73. The van der Waals surface area contributed by atoms with E-state index >= 15 is 0 Å². The van der Waals surface area contributed by atoms with Crippen molar-refractivity contribution < 1.29 is 4.74 Å². The van der Waals surface area contributed by atoms with E-state index in [1.807, 2.05) is 11.8 Å². The smallest absolute Gasteiger partial charge is 0.110 e. The molecule has 2 aliphatic heterocycles. The van der Waals surface area contributed by atoms with Crippen molar-refractivity contribution in [1.82, 2.24) is 0 Å². The molecule has 0 aromatic rings. The number of hydrogen-bond acceptors (Lipinski definition) is 3. The van der Waals surface area contributed by atoms with E-state index in [1.54, 1.807) is 0 Å². The first-order valence-electron chi connectivity index (χ1n) is 4.95. The zero-order chi connectivity index (χ0) is 9.31. The van der Waals surface area contributed by atoms with Crippen LogP contribution in [-0.4, -0.2) is 23.1 Å². The highest BCUT2D eigenvalue weighted by Gasteiger charge is 2.38. The predicted octanol–water partition coefficient (Wildman–Crippen LogP) is 1.90. The molecule has 0 aromatic carbocycles. The molecule has 0 aromatic heterocycles. The third kappa shape index (κ3) is 1.72. The van der Waals surface area contributed by atoms with Crippen molar-refractivity contribution >= 4 is 11.8 Å². The van der Waals surface area contributed by atoms with E-state index in [0.717, 1.165) is 18.8 Å². The summed E-state index contributed by atoms with van der Waals surface area (Å²) in [4.78, 5) is 0. The van der Waals surface area contributed by atoms with Gasteiger partial charge >= 0.3 is 0 Å². The standard InChI is InChI=1S/C10H17NOS/c1-10(5-3-7-13-10)9(11)8-4-2-6-12-8/h4,9H,2-3,5-7,11H2,1H3. The van der Waals surface area contributed by atoms with E-state index < -0.39 is 0 Å². The highest BCUT2D eigenvalue weighted by molar-refractivity contribution is 8.00. The van der Waals surface area contributed by atoms with Gasteiger partial charge in [0.25, 0.3) is 0 Å². The van der Waals surface area contributed by atoms with Crippen LogP contribution in [0.3, 0.4) is 0 Å². The molecule has 0 amide bonds. The molecular weight excluding hydrogens is 182 g/mol. The van der Waals surface area contributed by atoms with Gasteiger partial charge in [-0.25, -0.2) is 0 Å². The summed E-state index contributed by atoms with van der Waals surface area (Å²) in [5.41, 5.74) is 6.20. The van der Waals surface area contributed by atoms with Crippen LogP contribution in [0.5, 0.6) is 0 Å². The van der Waals surface area contributed by atoms with Gasteiger partial charge < -0.3 is 10.5 Å². The Morgan fingerprint density at radius 3 is 3.08 bits per heavy atom. The molecule has 2 aliphatic rings. The molecule has 2 heterocycles. The number of rotatable bonds is 2. The predicted molar refractivity (Wildman–Crippen MR) is 56.7 cm³/mol. The Bertz CT molecular complexity index is 221. The lowest BCUT2D eigenvalue weighted by Crippen LogP contribution is -2.42. The molecule has 0 radical (unpaired) electrons. The second-order valence-electron chi connectivity index (χ2n) is 3.99. The Hall–Kier alpha value is -0.150. The highest BCUT2D eigenvalue weighted by Crippen LogP contribution is 2.42. The largest absolute Gasteiger partial charge is 0.496 e. The quantitative estimate of drug-likeness (QED) is 0.738. The molecule has 1 saturated heterocycles. The minimum atomic E-state index is 0.0995. The maximum absolute atomic E-state index is 6.20. The number of nitrogens with two attached hydrogens (primary N) is 1. The van der Waals surface area contributed by atoms with Crippen molar-refractivity contribution in [1.29, 1.82) is 0 Å². The van der Waals surface area contributed by atoms with E-state index in [4.69, 9.17) is 10.5 Å².